The molecule has 1 atom stereocenters. The van der Waals surface area contributed by atoms with Gasteiger partial charge in [-0.3, -0.25) is 11.3 Å². The van der Waals surface area contributed by atoms with E-state index in [1.54, 1.807) is 0 Å². The fraction of sp³-hybridized carbons (Fsp3) is 0.455. The van der Waals surface area contributed by atoms with Crippen LogP contribution in [-0.4, -0.2) is 18.4 Å². The Balaban J connectivity index is 3.07. The zero-order chi connectivity index (χ0) is 16.4. The molecule has 21 heavy (non-hydrogen) atoms. The van der Waals surface area contributed by atoms with Gasteiger partial charge in [0.15, 0.2) is 17.6 Å². The minimum absolute atomic E-state index is 0.254. The Kier molecular flexibility index (Phi) is 5.16. The highest BCUT2D eigenvalue weighted by atomic mass is 19.4. The molecule has 0 aliphatic rings. The molecule has 0 amide bonds. The van der Waals surface area contributed by atoms with E-state index in [0.29, 0.717) is 12.1 Å². The molecule has 0 spiro atoms. The van der Waals surface area contributed by atoms with Crippen LogP contribution in [0.1, 0.15) is 5.56 Å². The van der Waals surface area contributed by atoms with E-state index >= 15 is 0 Å². The van der Waals surface area contributed by atoms with E-state index in [1.165, 1.54) is 5.43 Å². The van der Waals surface area contributed by atoms with Gasteiger partial charge in [0, 0.05) is 6.04 Å². The Morgan fingerprint density at radius 1 is 0.952 bits per heavy atom. The van der Waals surface area contributed by atoms with Gasteiger partial charge in [-0.1, -0.05) is 6.07 Å². The van der Waals surface area contributed by atoms with Crippen LogP contribution in [0.5, 0.6) is 0 Å². The third-order valence-electron chi connectivity index (χ3n) is 2.76. The largest absolute Gasteiger partial charge is 0.402 e. The molecule has 0 saturated heterocycles. The maximum atomic E-state index is 12.9. The van der Waals surface area contributed by atoms with Crippen LogP contribution < -0.4 is 11.3 Å². The van der Waals surface area contributed by atoms with E-state index in [-0.39, 0.29) is 5.56 Å². The quantitative estimate of drug-likeness (QED) is 0.508. The van der Waals surface area contributed by atoms with E-state index in [1.807, 2.05) is 0 Å². The second-order valence-corrected chi connectivity index (χ2v) is 4.29. The summed E-state index contributed by atoms with van der Waals surface area (Å²) in [5.41, 5.74) is 1.19. The van der Waals surface area contributed by atoms with Crippen molar-refractivity contribution >= 4 is 0 Å². The first-order chi connectivity index (χ1) is 9.46. The predicted molar refractivity (Wildman–Crippen MR) is 56.8 cm³/mol. The van der Waals surface area contributed by atoms with Gasteiger partial charge in [-0.25, -0.2) is 8.78 Å². The first kappa shape index (κ1) is 17.6. The summed E-state index contributed by atoms with van der Waals surface area (Å²) in [6.45, 7) is 0. The van der Waals surface area contributed by atoms with Crippen molar-refractivity contribution in [3.63, 3.8) is 0 Å². The third-order valence-corrected chi connectivity index (χ3v) is 2.76. The molecule has 0 aliphatic carbocycles. The van der Waals surface area contributed by atoms with E-state index in [9.17, 15) is 35.1 Å². The van der Waals surface area contributed by atoms with Gasteiger partial charge in [-0.05, 0) is 24.1 Å². The molecule has 1 unspecified atom stereocenters. The van der Waals surface area contributed by atoms with Gasteiger partial charge in [-0.2, -0.15) is 26.3 Å². The highest BCUT2D eigenvalue weighted by Crippen LogP contribution is 2.41. The van der Waals surface area contributed by atoms with Crippen LogP contribution in [0.25, 0.3) is 0 Å². The number of nitrogens with two attached hydrogens (primary N) is 1. The van der Waals surface area contributed by atoms with Crippen LogP contribution in [-0.2, 0) is 6.42 Å². The molecule has 1 aromatic rings. The van der Waals surface area contributed by atoms with Crippen molar-refractivity contribution in [2.75, 3.05) is 0 Å². The maximum Gasteiger partial charge on any atom is 0.402 e. The SMILES string of the molecule is NNC(Cc1ccc(F)c(F)c1)C(C(F)(F)F)C(F)(F)F. The predicted octanol–water partition coefficient (Wildman–Crippen LogP) is 3.08. The standard InChI is InChI=1S/C11H10F8N2/c12-6-2-1-5(3-7(6)13)4-8(21-20)9(10(14,15)16)11(17,18)19/h1-3,8-9,21H,4,20H2. The van der Waals surface area contributed by atoms with Gasteiger partial charge < -0.3 is 0 Å². The minimum atomic E-state index is -5.59. The zero-order valence-corrected chi connectivity index (χ0v) is 10.2. The van der Waals surface area contributed by atoms with Crippen molar-refractivity contribution in [3.05, 3.63) is 35.4 Å². The van der Waals surface area contributed by atoms with Gasteiger partial charge in [0.2, 0.25) is 0 Å². The molecule has 0 heterocycles. The number of hydrazine groups is 1. The normalized spacial score (nSPS) is 14.6. The van der Waals surface area contributed by atoms with Crippen molar-refractivity contribution in [1.29, 1.82) is 0 Å². The minimum Gasteiger partial charge on any atom is -0.271 e. The van der Waals surface area contributed by atoms with Crippen molar-refractivity contribution < 1.29 is 35.1 Å². The number of hydrogen-bond donors (Lipinski definition) is 2. The molecule has 0 aliphatic heterocycles. The van der Waals surface area contributed by atoms with Gasteiger partial charge in [-0.15, -0.1) is 0 Å². The number of hydrogen-bond acceptors (Lipinski definition) is 2. The monoisotopic (exact) mass is 322 g/mol. The summed E-state index contributed by atoms with van der Waals surface area (Å²) in [5, 5.41) is 0. The molecule has 0 bridgehead atoms. The van der Waals surface area contributed by atoms with Crippen LogP contribution >= 0.6 is 0 Å². The van der Waals surface area contributed by atoms with Crippen LogP contribution in [0.3, 0.4) is 0 Å². The van der Waals surface area contributed by atoms with Crippen molar-refractivity contribution in [3.8, 4) is 0 Å². The summed E-state index contributed by atoms with van der Waals surface area (Å²) < 4.78 is 101. The van der Waals surface area contributed by atoms with Crippen molar-refractivity contribution in [2.45, 2.75) is 24.8 Å². The van der Waals surface area contributed by atoms with E-state index in [2.05, 4.69) is 0 Å². The topological polar surface area (TPSA) is 38.0 Å². The molecule has 1 aromatic carbocycles. The molecule has 0 fully saturated rings. The lowest BCUT2D eigenvalue weighted by Crippen LogP contribution is -2.54. The van der Waals surface area contributed by atoms with Gasteiger partial charge >= 0.3 is 12.4 Å². The lowest BCUT2D eigenvalue weighted by atomic mass is 9.92. The van der Waals surface area contributed by atoms with Crippen LogP contribution in [0, 0.1) is 17.6 Å². The third kappa shape index (κ3) is 4.53. The van der Waals surface area contributed by atoms with E-state index in [0.717, 1.165) is 6.07 Å². The molecule has 3 N–H and O–H groups in total. The number of alkyl halides is 6. The number of rotatable bonds is 4. The average Bonchev–Trinajstić information content (AvgIpc) is 2.29. The molecule has 0 radical (unpaired) electrons. The fourth-order valence-corrected chi connectivity index (χ4v) is 1.84. The lowest BCUT2D eigenvalue weighted by molar-refractivity contribution is -0.291. The van der Waals surface area contributed by atoms with E-state index in [4.69, 9.17) is 5.84 Å². The van der Waals surface area contributed by atoms with Crippen molar-refractivity contribution in [1.82, 2.24) is 5.43 Å². The summed E-state index contributed by atoms with van der Waals surface area (Å²) in [6.07, 6.45) is -12.1. The average molecular weight is 322 g/mol. The first-order valence-corrected chi connectivity index (χ1v) is 5.50. The second kappa shape index (κ2) is 6.14. The Morgan fingerprint density at radius 2 is 1.48 bits per heavy atom. The van der Waals surface area contributed by atoms with Crippen LogP contribution in [0.2, 0.25) is 0 Å². The van der Waals surface area contributed by atoms with Gasteiger partial charge in [0.1, 0.15) is 0 Å². The molecule has 10 heteroatoms. The summed E-state index contributed by atoms with van der Waals surface area (Å²) in [6, 6.07) is -0.264. The lowest BCUT2D eigenvalue weighted by Gasteiger charge is -2.30. The zero-order valence-electron chi connectivity index (χ0n) is 10.2. The summed E-state index contributed by atoms with van der Waals surface area (Å²) in [5.74, 6) is -1.61. The van der Waals surface area contributed by atoms with Gasteiger partial charge in [0.25, 0.3) is 0 Å². The Labute approximate surface area is 113 Å². The summed E-state index contributed by atoms with van der Waals surface area (Å²) >= 11 is 0. The van der Waals surface area contributed by atoms with Crippen LogP contribution in [0.15, 0.2) is 18.2 Å². The molecule has 120 valence electrons. The smallest absolute Gasteiger partial charge is 0.271 e. The highest BCUT2D eigenvalue weighted by molar-refractivity contribution is 5.19. The summed E-state index contributed by atoms with van der Waals surface area (Å²) in [4.78, 5) is 0. The molecule has 0 aromatic heterocycles. The summed E-state index contributed by atoms with van der Waals surface area (Å²) in [7, 11) is 0. The fourth-order valence-electron chi connectivity index (χ4n) is 1.84. The van der Waals surface area contributed by atoms with Crippen molar-refractivity contribution in [2.24, 2.45) is 11.8 Å². The Hall–Kier alpha value is -1.42. The first-order valence-electron chi connectivity index (χ1n) is 5.50. The number of benzene rings is 1. The maximum absolute atomic E-state index is 12.9. The molecule has 1 rings (SSSR count). The molecular formula is C11H10F8N2. The Bertz CT molecular complexity index is 468. The molecule has 2 nitrogen and oxygen atoms in total. The van der Waals surface area contributed by atoms with Crippen LogP contribution in [0.4, 0.5) is 35.1 Å². The number of nitrogens with one attached hydrogen (secondary N) is 1. The highest BCUT2D eigenvalue weighted by Gasteiger charge is 2.59. The number of halogens is 8. The van der Waals surface area contributed by atoms with E-state index < -0.39 is 42.4 Å². The Morgan fingerprint density at radius 3 is 1.86 bits per heavy atom. The second-order valence-electron chi connectivity index (χ2n) is 4.29. The molecule has 0 saturated carbocycles. The van der Waals surface area contributed by atoms with Gasteiger partial charge in [0.05, 0.1) is 0 Å². The molecular weight excluding hydrogens is 312 g/mol.